The molecule has 2 heteroatoms. The molecule has 0 atom stereocenters. The molecule has 9 heavy (non-hydrogen) atoms. The Hall–Kier alpha value is -0.591. The van der Waals surface area contributed by atoms with Crippen molar-refractivity contribution >= 4 is 19.4 Å². The van der Waals surface area contributed by atoms with Gasteiger partial charge < -0.3 is 0 Å². The predicted octanol–water partition coefficient (Wildman–Crippen LogP) is 0.355. The first-order valence-corrected chi connectivity index (χ1v) is 4.36. The fourth-order valence-corrected chi connectivity index (χ4v) is 1.42. The third kappa shape index (κ3) is 2.00. The number of nitrogens with zero attached hydrogens (tertiary/aromatic N) is 1. The molecule has 45 valence electrons. The van der Waals surface area contributed by atoms with E-state index < -0.39 is 0 Å². The minimum absolute atomic E-state index is 0.380. The van der Waals surface area contributed by atoms with Crippen LogP contribution in [0.5, 0.6) is 0 Å². The standard InChI is InChI=1S/C7H6NSe/c1-2-9-7-4-3-5-8-6-7/h2,4-6H,1H2. The van der Waals surface area contributed by atoms with Crippen molar-refractivity contribution < 1.29 is 0 Å². The van der Waals surface area contributed by atoms with Crippen molar-refractivity contribution in [1.29, 1.82) is 0 Å². The maximum atomic E-state index is 3.92. The summed E-state index contributed by atoms with van der Waals surface area (Å²) in [5.74, 6) is 0. The molecule has 0 N–H and O–H groups in total. The fraction of sp³-hybridized carbons (Fsp3) is 0. The van der Waals surface area contributed by atoms with Gasteiger partial charge in [-0.05, 0) is 0 Å². The summed E-state index contributed by atoms with van der Waals surface area (Å²) in [4.78, 5) is 5.83. The van der Waals surface area contributed by atoms with Gasteiger partial charge in [-0.25, -0.2) is 0 Å². The molecule has 0 bridgehead atoms. The Morgan fingerprint density at radius 3 is 3.22 bits per heavy atom. The van der Waals surface area contributed by atoms with Gasteiger partial charge in [-0.1, -0.05) is 0 Å². The average Bonchev–Trinajstić information content (AvgIpc) is 1.91. The van der Waals surface area contributed by atoms with Crippen LogP contribution in [-0.2, 0) is 0 Å². The second-order valence-corrected chi connectivity index (χ2v) is 3.59. The van der Waals surface area contributed by atoms with Crippen molar-refractivity contribution in [1.82, 2.24) is 4.98 Å². The van der Waals surface area contributed by atoms with Crippen molar-refractivity contribution in [3.63, 3.8) is 0 Å². The molecule has 0 saturated carbocycles. The Kier molecular flexibility index (Phi) is 2.49. The molecule has 0 saturated heterocycles. The summed E-state index contributed by atoms with van der Waals surface area (Å²) in [7, 11) is 0. The monoisotopic (exact) mass is 184 g/mol. The molecule has 1 aromatic heterocycles. The zero-order chi connectivity index (χ0) is 6.53. The Balaban J connectivity index is 2.72. The molecular weight excluding hydrogens is 177 g/mol. The van der Waals surface area contributed by atoms with E-state index in [4.69, 9.17) is 0 Å². The Morgan fingerprint density at radius 1 is 1.78 bits per heavy atom. The van der Waals surface area contributed by atoms with Gasteiger partial charge in [0.15, 0.2) is 0 Å². The zero-order valence-electron chi connectivity index (χ0n) is 4.87. The average molecular weight is 183 g/mol. The van der Waals surface area contributed by atoms with Gasteiger partial charge in [-0.15, -0.1) is 0 Å². The summed E-state index contributed by atoms with van der Waals surface area (Å²) in [5.41, 5.74) is 0. The first kappa shape index (κ1) is 6.53. The van der Waals surface area contributed by atoms with Crippen LogP contribution in [0.1, 0.15) is 0 Å². The Labute approximate surface area is 61.0 Å². The van der Waals surface area contributed by atoms with Gasteiger partial charge >= 0.3 is 60.5 Å². The van der Waals surface area contributed by atoms with E-state index in [1.807, 2.05) is 17.2 Å². The molecule has 0 fully saturated rings. The van der Waals surface area contributed by atoms with Crippen LogP contribution in [-0.4, -0.2) is 19.9 Å². The van der Waals surface area contributed by atoms with Crippen molar-refractivity contribution in [2.45, 2.75) is 0 Å². The van der Waals surface area contributed by atoms with Crippen LogP contribution in [0.3, 0.4) is 0 Å². The molecule has 0 spiro atoms. The summed E-state index contributed by atoms with van der Waals surface area (Å²) in [5, 5.41) is 0. The third-order valence-corrected chi connectivity index (χ3v) is 2.18. The number of hydrogen-bond acceptors (Lipinski definition) is 1. The van der Waals surface area contributed by atoms with E-state index >= 15 is 0 Å². The first-order valence-electron chi connectivity index (χ1n) is 2.52. The van der Waals surface area contributed by atoms with Gasteiger partial charge in [0, 0.05) is 0 Å². The van der Waals surface area contributed by atoms with Crippen molar-refractivity contribution in [3.05, 3.63) is 36.1 Å². The third-order valence-electron chi connectivity index (χ3n) is 0.796. The fourth-order valence-electron chi connectivity index (χ4n) is 0.471. The summed E-state index contributed by atoms with van der Waals surface area (Å²) >= 11 is 0.380. The Morgan fingerprint density at radius 2 is 2.67 bits per heavy atom. The first-order chi connectivity index (χ1) is 4.43. The second-order valence-electron chi connectivity index (χ2n) is 1.41. The van der Waals surface area contributed by atoms with Crippen LogP contribution in [0.15, 0.2) is 30.0 Å². The molecular formula is C7H6NSe. The van der Waals surface area contributed by atoms with Crippen molar-refractivity contribution in [3.8, 4) is 0 Å². The van der Waals surface area contributed by atoms with Gasteiger partial charge in [0.25, 0.3) is 0 Å². The number of rotatable bonds is 2. The van der Waals surface area contributed by atoms with E-state index in [1.54, 1.807) is 6.20 Å². The van der Waals surface area contributed by atoms with Gasteiger partial charge in [0.1, 0.15) is 0 Å². The molecule has 1 aromatic rings. The quantitative estimate of drug-likeness (QED) is 0.603. The molecule has 0 aromatic carbocycles. The molecule has 1 heterocycles. The molecule has 0 aliphatic heterocycles. The van der Waals surface area contributed by atoms with E-state index in [1.165, 1.54) is 4.46 Å². The van der Waals surface area contributed by atoms with E-state index in [0.29, 0.717) is 15.0 Å². The van der Waals surface area contributed by atoms with Crippen molar-refractivity contribution in [2.75, 3.05) is 0 Å². The van der Waals surface area contributed by atoms with E-state index in [2.05, 4.69) is 17.6 Å². The molecule has 1 radical (unpaired) electrons. The summed E-state index contributed by atoms with van der Waals surface area (Å²) in [6, 6.07) is 4.84. The van der Waals surface area contributed by atoms with Gasteiger partial charge in [0.05, 0.1) is 0 Å². The molecule has 0 aliphatic rings. The van der Waals surface area contributed by atoms with Crippen LogP contribution in [0.25, 0.3) is 0 Å². The summed E-state index contributed by atoms with van der Waals surface area (Å²) in [6.45, 7) is 3.64. The van der Waals surface area contributed by atoms with E-state index in [-0.39, 0.29) is 0 Å². The maximum absolute atomic E-state index is 3.92. The van der Waals surface area contributed by atoms with E-state index in [9.17, 15) is 0 Å². The predicted molar refractivity (Wildman–Crippen MR) is 38.7 cm³/mol. The summed E-state index contributed by atoms with van der Waals surface area (Å²) in [6.07, 6.45) is 3.50. The number of pyridine rings is 1. The second kappa shape index (κ2) is 3.44. The Bertz CT molecular complexity index is 183. The van der Waals surface area contributed by atoms with E-state index in [0.717, 1.165) is 0 Å². The molecule has 0 unspecified atom stereocenters. The van der Waals surface area contributed by atoms with Gasteiger partial charge in [-0.2, -0.15) is 0 Å². The topological polar surface area (TPSA) is 12.9 Å². The van der Waals surface area contributed by atoms with Crippen LogP contribution >= 0.6 is 0 Å². The van der Waals surface area contributed by atoms with Gasteiger partial charge in [0.2, 0.25) is 0 Å². The normalized spacial score (nSPS) is 8.89. The van der Waals surface area contributed by atoms with Crippen LogP contribution < -0.4 is 4.46 Å². The SMILES string of the molecule is C=C[Se]c1c[c]cnc1. The molecule has 1 rings (SSSR count). The summed E-state index contributed by atoms with van der Waals surface area (Å²) < 4.78 is 1.22. The minimum atomic E-state index is 0.380. The molecule has 0 aliphatic carbocycles. The van der Waals surface area contributed by atoms with Crippen LogP contribution in [0.2, 0.25) is 0 Å². The van der Waals surface area contributed by atoms with Crippen LogP contribution in [0, 0.1) is 6.07 Å². The van der Waals surface area contributed by atoms with Gasteiger partial charge in [-0.3, -0.25) is 0 Å². The zero-order valence-corrected chi connectivity index (χ0v) is 6.59. The molecule has 1 nitrogen and oxygen atoms in total. The van der Waals surface area contributed by atoms with Crippen LogP contribution in [0.4, 0.5) is 0 Å². The van der Waals surface area contributed by atoms with Crippen molar-refractivity contribution in [2.24, 2.45) is 0 Å². The number of aromatic nitrogens is 1. The molecule has 0 amide bonds. The number of hydrogen-bond donors (Lipinski definition) is 0.